The van der Waals surface area contributed by atoms with E-state index >= 15 is 0 Å². The zero-order valence-corrected chi connectivity index (χ0v) is 10.2. The molecule has 100 valence electrons. The molecule has 2 aliphatic heterocycles. The van der Waals surface area contributed by atoms with Crippen molar-refractivity contribution in [2.75, 3.05) is 26.2 Å². The van der Waals surface area contributed by atoms with Gasteiger partial charge in [0.05, 0.1) is 17.8 Å². The van der Waals surface area contributed by atoms with Crippen LogP contribution in [-0.2, 0) is 0 Å². The Labute approximate surface area is 109 Å². The molecule has 0 aliphatic carbocycles. The number of aromatic nitrogens is 1. The van der Waals surface area contributed by atoms with Crippen LogP contribution in [0.4, 0.5) is 9.18 Å². The van der Waals surface area contributed by atoms with Crippen LogP contribution < -0.4 is 5.32 Å². The molecule has 0 bridgehead atoms. The van der Waals surface area contributed by atoms with E-state index in [1.807, 2.05) is 0 Å². The van der Waals surface area contributed by atoms with Crippen molar-refractivity contribution in [2.24, 2.45) is 0 Å². The number of piperazine rings is 1. The Morgan fingerprint density at radius 3 is 3.11 bits per heavy atom. The van der Waals surface area contributed by atoms with Gasteiger partial charge in [0.15, 0.2) is 5.82 Å². The van der Waals surface area contributed by atoms with Crippen molar-refractivity contribution in [3.63, 3.8) is 0 Å². The summed E-state index contributed by atoms with van der Waals surface area (Å²) in [5.74, 6) is -0.963. The molecule has 3 amide bonds. The van der Waals surface area contributed by atoms with Crippen LogP contribution in [0.1, 0.15) is 10.4 Å². The van der Waals surface area contributed by atoms with Crippen molar-refractivity contribution in [3.05, 3.63) is 29.8 Å². The quantitative estimate of drug-likeness (QED) is 0.780. The maximum Gasteiger partial charge on any atom is 0.317 e. The molecule has 1 aromatic heterocycles. The first-order valence-electron chi connectivity index (χ1n) is 6.10. The van der Waals surface area contributed by atoms with Gasteiger partial charge >= 0.3 is 6.03 Å². The Morgan fingerprint density at radius 2 is 2.32 bits per heavy atom. The van der Waals surface area contributed by atoms with E-state index in [2.05, 4.69) is 10.3 Å². The number of pyridine rings is 1. The van der Waals surface area contributed by atoms with Crippen LogP contribution in [0.3, 0.4) is 0 Å². The van der Waals surface area contributed by atoms with E-state index < -0.39 is 5.82 Å². The van der Waals surface area contributed by atoms with E-state index in [-0.39, 0.29) is 23.5 Å². The lowest BCUT2D eigenvalue weighted by atomic mass is 10.1. The van der Waals surface area contributed by atoms with E-state index in [4.69, 9.17) is 0 Å². The van der Waals surface area contributed by atoms with Crippen molar-refractivity contribution in [3.8, 4) is 0 Å². The van der Waals surface area contributed by atoms with Gasteiger partial charge in [-0.2, -0.15) is 0 Å². The number of nitrogens with zero attached hydrogens (tertiary/aromatic N) is 3. The smallest absolute Gasteiger partial charge is 0.317 e. The predicted molar refractivity (Wildman–Crippen MR) is 64.0 cm³/mol. The highest BCUT2D eigenvalue weighted by molar-refractivity contribution is 5.94. The first-order chi connectivity index (χ1) is 9.16. The summed E-state index contributed by atoms with van der Waals surface area (Å²) in [6, 6.07) is 1.27. The fraction of sp³-hybridized carbons (Fsp3) is 0.417. The standard InChI is InChI=1S/C12H13FN4O2/c13-10-6-14-2-1-9(10)11(18)16-3-4-17-8(7-16)5-15-12(17)19/h1-2,6,8H,3-5,7H2,(H,15,19). The summed E-state index contributed by atoms with van der Waals surface area (Å²) in [4.78, 5) is 30.6. The van der Waals surface area contributed by atoms with Crippen LogP contribution >= 0.6 is 0 Å². The maximum absolute atomic E-state index is 13.5. The number of halogens is 1. The summed E-state index contributed by atoms with van der Waals surface area (Å²) < 4.78 is 13.5. The molecule has 2 fully saturated rings. The summed E-state index contributed by atoms with van der Waals surface area (Å²) in [5, 5.41) is 2.74. The zero-order valence-electron chi connectivity index (χ0n) is 10.2. The van der Waals surface area contributed by atoms with E-state index in [0.717, 1.165) is 6.20 Å². The zero-order chi connectivity index (χ0) is 13.4. The molecule has 1 atom stereocenters. The predicted octanol–water partition coefficient (Wildman–Crippen LogP) is 0.0703. The highest BCUT2D eigenvalue weighted by Crippen LogP contribution is 2.17. The SMILES string of the molecule is O=C(c1ccncc1F)N1CCN2C(=O)NCC2C1. The molecule has 1 unspecified atom stereocenters. The normalized spacial score (nSPS) is 22.2. The van der Waals surface area contributed by atoms with Gasteiger partial charge in [0, 0.05) is 32.4 Å². The molecule has 0 spiro atoms. The molecule has 19 heavy (non-hydrogen) atoms. The molecule has 6 nitrogen and oxygen atoms in total. The number of amides is 3. The van der Waals surface area contributed by atoms with E-state index in [0.29, 0.717) is 26.2 Å². The van der Waals surface area contributed by atoms with Gasteiger partial charge in [0.25, 0.3) is 5.91 Å². The summed E-state index contributed by atoms with van der Waals surface area (Å²) in [6.07, 6.45) is 2.43. The first-order valence-corrected chi connectivity index (χ1v) is 6.10. The Hall–Kier alpha value is -2.18. The van der Waals surface area contributed by atoms with Gasteiger partial charge in [-0.15, -0.1) is 0 Å². The molecular formula is C12H13FN4O2. The maximum atomic E-state index is 13.5. The molecule has 3 rings (SSSR count). The van der Waals surface area contributed by atoms with Crippen LogP contribution in [0.5, 0.6) is 0 Å². The highest BCUT2D eigenvalue weighted by atomic mass is 19.1. The Bertz CT molecular complexity index is 536. The summed E-state index contributed by atoms with van der Waals surface area (Å²) in [5.41, 5.74) is 0.0285. The Balaban J connectivity index is 1.76. The number of hydrogen-bond donors (Lipinski definition) is 1. The van der Waals surface area contributed by atoms with Gasteiger partial charge in [0.2, 0.25) is 0 Å². The number of urea groups is 1. The van der Waals surface area contributed by atoms with E-state index in [1.165, 1.54) is 12.3 Å². The molecule has 1 N–H and O–H groups in total. The van der Waals surface area contributed by atoms with Gasteiger partial charge in [-0.1, -0.05) is 0 Å². The van der Waals surface area contributed by atoms with Crippen molar-refractivity contribution in [1.82, 2.24) is 20.1 Å². The molecule has 2 saturated heterocycles. The summed E-state index contributed by atoms with van der Waals surface area (Å²) in [7, 11) is 0. The minimum atomic E-state index is -0.615. The molecule has 1 aromatic rings. The average Bonchev–Trinajstić information content (AvgIpc) is 2.80. The van der Waals surface area contributed by atoms with Crippen LogP contribution in [0, 0.1) is 5.82 Å². The highest BCUT2D eigenvalue weighted by Gasteiger charge is 2.37. The fourth-order valence-electron chi connectivity index (χ4n) is 2.51. The minimum absolute atomic E-state index is 0.0184. The number of carbonyl (C=O) groups excluding carboxylic acids is 2. The fourth-order valence-corrected chi connectivity index (χ4v) is 2.51. The van der Waals surface area contributed by atoms with Crippen molar-refractivity contribution < 1.29 is 14.0 Å². The summed E-state index contributed by atoms with van der Waals surface area (Å²) in [6.45, 7) is 1.86. The lowest BCUT2D eigenvalue weighted by Gasteiger charge is -2.36. The lowest BCUT2D eigenvalue weighted by Crippen LogP contribution is -2.53. The minimum Gasteiger partial charge on any atom is -0.336 e. The van der Waals surface area contributed by atoms with Crippen molar-refractivity contribution in [2.45, 2.75) is 6.04 Å². The van der Waals surface area contributed by atoms with Gasteiger partial charge in [-0.05, 0) is 6.07 Å². The number of nitrogens with one attached hydrogen (secondary N) is 1. The topological polar surface area (TPSA) is 65.5 Å². The average molecular weight is 264 g/mol. The summed E-state index contributed by atoms with van der Waals surface area (Å²) >= 11 is 0. The van der Waals surface area contributed by atoms with E-state index in [1.54, 1.807) is 9.80 Å². The van der Waals surface area contributed by atoms with Crippen molar-refractivity contribution >= 4 is 11.9 Å². The second-order valence-electron chi connectivity index (χ2n) is 4.64. The first kappa shape index (κ1) is 11.9. The third kappa shape index (κ3) is 2.00. The number of hydrogen-bond acceptors (Lipinski definition) is 3. The van der Waals surface area contributed by atoms with Gasteiger partial charge in [-0.25, -0.2) is 9.18 Å². The van der Waals surface area contributed by atoms with Crippen LogP contribution in [0.15, 0.2) is 18.5 Å². The lowest BCUT2D eigenvalue weighted by molar-refractivity contribution is 0.0612. The number of carbonyl (C=O) groups is 2. The molecule has 0 radical (unpaired) electrons. The molecule has 7 heteroatoms. The Morgan fingerprint density at radius 1 is 1.47 bits per heavy atom. The van der Waals surface area contributed by atoms with Gasteiger partial charge < -0.3 is 15.1 Å². The van der Waals surface area contributed by atoms with Gasteiger partial charge in [-0.3, -0.25) is 9.78 Å². The monoisotopic (exact) mass is 264 g/mol. The largest absolute Gasteiger partial charge is 0.336 e. The second-order valence-corrected chi connectivity index (χ2v) is 4.64. The molecule has 0 aromatic carbocycles. The second kappa shape index (κ2) is 4.49. The number of rotatable bonds is 1. The third-order valence-electron chi connectivity index (χ3n) is 3.52. The van der Waals surface area contributed by atoms with E-state index in [9.17, 15) is 14.0 Å². The Kier molecular flexibility index (Phi) is 2.81. The number of fused-ring (bicyclic) bond motifs is 1. The molecule has 2 aliphatic rings. The van der Waals surface area contributed by atoms with Crippen LogP contribution in [0.2, 0.25) is 0 Å². The van der Waals surface area contributed by atoms with Crippen molar-refractivity contribution in [1.29, 1.82) is 0 Å². The molecule has 0 saturated carbocycles. The third-order valence-corrected chi connectivity index (χ3v) is 3.52. The van der Waals surface area contributed by atoms with Gasteiger partial charge in [0.1, 0.15) is 0 Å². The van der Waals surface area contributed by atoms with Crippen LogP contribution in [-0.4, -0.2) is 58.9 Å². The molecule has 3 heterocycles. The van der Waals surface area contributed by atoms with Crippen LogP contribution in [0.25, 0.3) is 0 Å². The molecular weight excluding hydrogens is 251 g/mol.